The van der Waals surface area contributed by atoms with E-state index in [9.17, 15) is 0 Å². The molecule has 16 heavy (non-hydrogen) atoms. The van der Waals surface area contributed by atoms with Gasteiger partial charge in [-0.05, 0) is 44.7 Å². The number of pyridine rings is 1. The first-order valence-corrected chi connectivity index (χ1v) is 6.56. The van der Waals surface area contributed by atoms with Crippen LogP contribution >= 0.6 is 11.3 Å². The Balaban J connectivity index is 2.03. The number of fused-ring (bicyclic) bond motifs is 1. The largest absolute Gasteiger partial charge is 0.262 e. The fraction of sp³-hybridized carbons (Fsp3) is 0.385. The van der Waals surface area contributed by atoms with Crippen molar-refractivity contribution in [2.24, 2.45) is 0 Å². The normalized spacial score (nSPS) is 14.8. The first-order chi connectivity index (χ1) is 7.83. The Hall–Kier alpha value is -1.22. The number of aryl methyl sites for hydroxylation is 3. The topological polar surface area (TPSA) is 25.8 Å². The Labute approximate surface area is 99.4 Å². The molecule has 2 nitrogen and oxygen atoms in total. The van der Waals surface area contributed by atoms with Crippen LogP contribution < -0.4 is 0 Å². The Morgan fingerprint density at radius 3 is 2.94 bits per heavy atom. The summed E-state index contributed by atoms with van der Waals surface area (Å²) in [7, 11) is 0. The van der Waals surface area contributed by atoms with E-state index >= 15 is 0 Å². The summed E-state index contributed by atoms with van der Waals surface area (Å²) in [6.45, 7) is 2.02. The quantitative estimate of drug-likeness (QED) is 0.750. The molecule has 0 bridgehead atoms. The lowest BCUT2D eigenvalue weighted by molar-refractivity contribution is 0.682. The minimum absolute atomic E-state index is 1.06. The molecule has 0 unspecified atom stereocenters. The van der Waals surface area contributed by atoms with Crippen LogP contribution in [0.2, 0.25) is 0 Å². The molecular weight excluding hydrogens is 216 g/mol. The molecule has 3 heteroatoms. The monoisotopic (exact) mass is 230 g/mol. The summed E-state index contributed by atoms with van der Waals surface area (Å²) >= 11 is 1.86. The Morgan fingerprint density at radius 2 is 2.12 bits per heavy atom. The molecule has 0 aromatic carbocycles. The van der Waals surface area contributed by atoms with Crippen LogP contribution in [0.3, 0.4) is 0 Å². The molecule has 82 valence electrons. The van der Waals surface area contributed by atoms with Crippen molar-refractivity contribution in [3.63, 3.8) is 0 Å². The summed E-state index contributed by atoms with van der Waals surface area (Å²) in [4.78, 5) is 10.5. The Morgan fingerprint density at radius 1 is 1.25 bits per heavy atom. The fourth-order valence-electron chi connectivity index (χ4n) is 2.15. The molecular formula is C13H14N2S. The van der Waals surface area contributed by atoms with Gasteiger partial charge in [0.2, 0.25) is 0 Å². The van der Waals surface area contributed by atoms with E-state index in [4.69, 9.17) is 4.98 Å². The van der Waals surface area contributed by atoms with Crippen molar-refractivity contribution in [3.05, 3.63) is 34.6 Å². The second-order valence-corrected chi connectivity index (χ2v) is 5.37. The van der Waals surface area contributed by atoms with Crippen molar-refractivity contribution in [2.45, 2.75) is 32.6 Å². The molecule has 0 saturated heterocycles. The predicted molar refractivity (Wildman–Crippen MR) is 66.7 cm³/mol. The molecule has 1 aliphatic carbocycles. The average Bonchev–Trinajstić information content (AvgIpc) is 2.72. The van der Waals surface area contributed by atoms with Crippen LogP contribution in [0.4, 0.5) is 0 Å². The van der Waals surface area contributed by atoms with Crippen LogP contribution in [0.15, 0.2) is 18.3 Å². The molecule has 0 fully saturated rings. The van der Waals surface area contributed by atoms with Crippen LogP contribution in [0.1, 0.15) is 29.1 Å². The van der Waals surface area contributed by atoms with Crippen molar-refractivity contribution >= 4 is 11.3 Å². The first kappa shape index (κ1) is 9.97. The second kappa shape index (κ2) is 3.98. The highest BCUT2D eigenvalue weighted by Crippen LogP contribution is 2.32. The standard InChI is InChI=1S/C13H14N2S/c1-9-8-10(6-7-14-9)13-15-11-4-2-3-5-12(11)16-13/h6-8H,2-5H2,1H3. The van der Waals surface area contributed by atoms with E-state index in [0.29, 0.717) is 0 Å². The molecule has 0 atom stereocenters. The zero-order valence-corrected chi connectivity index (χ0v) is 10.2. The molecule has 0 spiro atoms. The lowest BCUT2D eigenvalue weighted by Crippen LogP contribution is -1.98. The molecule has 2 aromatic rings. The van der Waals surface area contributed by atoms with Gasteiger partial charge in [0.1, 0.15) is 5.01 Å². The van der Waals surface area contributed by atoms with Crippen LogP contribution in [0.25, 0.3) is 10.6 Å². The van der Waals surface area contributed by atoms with Crippen molar-refractivity contribution < 1.29 is 0 Å². The highest BCUT2D eigenvalue weighted by molar-refractivity contribution is 7.15. The minimum Gasteiger partial charge on any atom is -0.262 e. The molecule has 0 aliphatic heterocycles. The highest BCUT2D eigenvalue weighted by atomic mass is 32.1. The van der Waals surface area contributed by atoms with Gasteiger partial charge < -0.3 is 0 Å². The fourth-order valence-corrected chi connectivity index (χ4v) is 3.30. The van der Waals surface area contributed by atoms with Gasteiger partial charge in [0.25, 0.3) is 0 Å². The summed E-state index contributed by atoms with van der Waals surface area (Å²) in [5.74, 6) is 0. The molecule has 0 saturated carbocycles. The third kappa shape index (κ3) is 1.76. The van der Waals surface area contributed by atoms with Gasteiger partial charge in [0.05, 0.1) is 5.69 Å². The van der Waals surface area contributed by atoms with Gasteiger partial charge in [-0.25, -0.2) is 4.98 Å². The lowest BCUT2D eigenvalue weighted by Gasteiger charge is -2.06. The zero-order chi connectivity index (χ0) is 11.0. The van der Waals surface area contributed by atoms with E-state index in [1.54, 1.807) is 0 Å². The molecule has 2 aromatic heterocycles. The maximum absolute atomic E-state index is 4.75. The maximum atomic E-state index is 4.75. The molecule has 0 amide bonds. The van der Waals surface area contributed by atoms with Crippen molar-refractivity contribution in [1.29, 1.82) is 0 Å². The van der Waals surface area contributed by atoms with Gasteiger partial charge in [0.15, 0.2) is 0 Å². The molecule has 0 N–H and O–H groups in total. The van der Waals surface area contributed by atoms with Crippen molar-refractivity contribution in [1.82, 2.24) is 9.97 Å². The number of nitrogens with zero attached hydrogens (tertiary/aromatic N) is 2. The van der Waals surface area contributed by atoms with Crippen molar-refractivity contribution in [3.8, 4) is 10.6 Å². The lowest BCUT2D eigenvalue weighted by atomic mass is 10.0. The SMILES string of the molecule is Cc1cc(-c2nc3c(s2)CCCC3)ccn1. The third-order valence-electron chi connectivity index (χ3n) is 2.99. The molecule has 2 heterocycles. The van der Waals surface area contributed by atoms with Gasteiger partial charge in [0, 0.05) is 22.3 Å². The van der Waals surface area contributed by atoms with Crippen molar-refractivity contribution in [2.75, 3.05) is 0 Å². The highest BCUT2D eigenvalue weighted by Gasteiger charge is 2.15. The second-order valence-electron chi connectivity index (χ2n) is 4.28. The summed E-state index contributed by atoms with van der Waals surface area (Å²) in [5, 5.41) is 1.16. The average molecular weight is 230 g/mol. The van der Waals surface area contributed by atoms with Gasteiger partial charge in [-0.1, -0.05) is 0 Å². The molecule has 1 aliphatic rings. The van der Waals surface area contributed by atoms with Crippen LogP contribution in [-0.2, 0) is 12.8 Å². The van der Waals surface area contributed by atoms with E-state index in [2.05, 4.69) is 17.1 Å². The summed E-state index contributed by atoms with van der Waals surface area (Å²) in [6.07, 6.45) is 6.87. The van der Waals surface area contributed by atoms with Crippen LogP contribution in [0.5, 0.6) is 0 Å². The number of rotatable bonds is 1. The smallest absolute Gasteiger partial charge is 0.123 e. The van der Waals surface area contributed by atoms with Gasteiger partial charge in [-0.2, -0.15) is 0 Å². The Kier molecular flexibility index (Phi) is 2.48. The summed E-state index contributed by atoms with van der Waals surface area (Å²) in [6, 6.07) is 4.17. The predicted octanol–water partition coefficient (Wildman–Crippen LogP) is 3.39. The number of hydrogen-bond acceptors (Lipinski definition) is 3. The summed E-state index contributed by atoms with van der Waals surface area (Å²) < 4.78 is 0. The molecule has 0 radical (unpaired) electrons. The van der Waals surface area contributed by atoms with Crippen LogP contribution in [0, 0.1) is 6.92 Å². The third-order valence-corrected chi connectivity index (χ3v) is 4.20. The maximum Gasteiger partial charge on any atom is 0.123 e. The zero-order valence-electron chi connectivity index (χ0n) is 9.36. The molecule has 3 rings (SSSR count). The number of aromatic nitrogens is 2. The van der Waals surface area contributed by atoms with Crippen LogP contribution in [-0.4, -0.2) is 9.97 Å². The van der Waals surface area contributed by atoms with E-state index in [1.165, 1.54) is 35.4 Å². The first-order valence-electron chi connectivity index (χ1n) is 5.74. The summed E-state index contributed by atoms with van der Waals surface area (Å²) in [5.41, 5.74) is 3.61. The van der Waals surface area contributed by atoms with Gasteiger partial charge >= 0.3 is 0 Å². The van der Waals surface area contributed by atoms with Gasteiger partial charge in [-0.3, -0.25) is 4.98 Å². The van der Waals surface area contributed by atoms with E-state index in [1.807, 2.05) is 24.5 Å². The van der Waals surface area contributed by atoms with E-state index < -0.39 is 0 Å². The van der Waals surface area contributed by atoms with E-state index in [0.717, 1.165) is 17.1 Å². The van der Waals surface area contributed by atoms with Gasteiger partial charge in [-0.15, -0.1) is 11.3 Å². The number of hydrogen-bond donors (Lipinski definition) is 0. The minimum atomic E-state index is 1.06. The number of thiazole rings is 1. The van der Waals surface area contributed by atoms with E-state index in [-0.39, 0.29) is 0 Å². The Bertz CT molecular complexity index is 493.